The second kappa shape index (κ2) is 7.93. The lowest BCUT2D eigenvalue weighted by Crippen LogP contribution is -2.20. The quantitative estimate of drug-likeness (QED) is 0.763. The molecule has 2 rings (SSSR count). The van der Waals surface area contributed by atoms with Gasteiger partial charge in [-0.15, -0.1) is 0 Å². The minimum atomic E-state index is -0.558. The first kappa shape index (κ1) is 17.9. The molecule has 0 fully saturated rings. The highest BCUT2D eigenvalue weighted by atomic mass is 16.5. The third-order valence-corrected chi connectivity index (χ3v) is 3.58. The molecule has 0 atom stereocenters. The van der Waals surface area contributed by atoms with Crippen LogP contribution in [0.4, 0.5) is 0 Å². The summed E-state index contributed by atoms with van der Waals surface area (Å²) in [5, 5.41) is 3.44. The van der Waals surface area contributed by atoms with Gasteiger partial charge in [0.2, 0.25) is 0 Å². The summed E-state index contributed by atoms with van der Waals surface area (Å²) in [6.45, 7) is 8.51. The van der Waals surface area contributed by atoms with Crippen LogP contribution in [0, 0.1) is 5.41 Å². The second-order valence-corrected chi connectivity index (χ2v) is 6.97. The van der Waals surface area contributed by atoms with Gasteiger partial charge in [-0.25, -0.2) is 0 Å². The van der Waals surface area contributed by atoms with Crippen LogP contribution in [0.1, 0.15) is 43.1 Å². The molecule has 128 valence electrons. The van der Waals surface area contributed by atoms with Gasteiger partial charge in [0.15, 0.2) is 0 Å². The maximum absolute atomic E-state index is 11.4. The molecule has 5 heteroatoms. The molecule has 0 bridgehead atoms. The molecule has 0 radical (unpaired) electrons. The molecule has 0 aliphatic carbocycles. The predicted octanol–water partition coefficient (Wildman–Crippen LogP) is 3.50. The van der Waals surface area contributed by atoms with Crippen LogP contribution in [0.15, 0.2) is 42.7 Å². The fourth-order valence-electron chi connectivity index (χ4n) is 2.15. The smallest absolute Gasteiger partial charge is 0.254 e. The van der Waals surface area contributed by atoms with Gasteiger partial charge in [0.05, 0.1) is 0 Å². The van der Waals surface area contributed by atoms with Crippen molar-refractivity contribution in [2.24, 2.45) is 11.1 Å². The molecule has 0 saturated heterocycles. The van der Waals surface area contributed by atoms with Crippen molar-refractivity contribution in [1.29, 1.82) is 0 Å². The first-order valence-corrected chi connectivity index (χ1v) is 8.06. The van der Waals surface area contributed by atoms with Crippen LogP contribution >= 0.6 is 0 Å². The number of ether oxygens (including phenoxy) is 1. The number of carbonyl (C=O) groups is 1. The van der Waals surface area contributed by atoms with Crippen molar-refractivity contribution in [2.45, 2.75) is 33.7 Å². The van der Waals surface area contributed by atoms with Crippen LogP contribution in [0.2, 0.25) is 0 Å². The third kappa shape index (κ3) is 5.66. The summed E-state index contributed by atoms with van der Waals surface area (Å²) in [6, 6.07) is 9.40. The molecule has 0 saturated carbocycles. The number of hydrogen-bond acceptors (Lipinski definition) is 4. The maximum atomic E-state index is 11.4. The number of nitrogens with two attached hydrogens (primary N) is 1. The van der Waals surface area contributed by atoms with E-state index in [1.165, 1.54) is 11.8 Å². The Labute approximate surface area is 143 Å². The number of carbonyl (C=O) groups excluding carboxylic acids is 1. The highest BCUT2D eigenvalue weighted by molar-refractivity contribution is 5.95. The molecule has 0 unspecified atom stereocenters. The van der Waals surface area contributed by atoms with Crippen LogP contribution in [0.3, 0.4) is 0 Å². The van der Waals surface area contributed by atoms with E-state index < -0.39 is 5.91 Å². The number of primary amides is 1. The van der Waals surface area contributed by atoms with Crippen molar-refractivity contribution >= 4 is 5.91 Å². The topological polar surface area (TPSA) is 77.2 Å². The maximum Gasteiger partial charge on any atom is 0.254 e. The monoisotopic (exact) mass is 327 g/mol. The van der Waals surface area contributed by atoms with Gasteiger partial charge >= 0.3 is 0 Å². The SMILES string of the molecule is CC(C)(C)CCNCc1ccc(Oc2ccncc2C(N)=O)cc1. The number of hydrogen-bond donors (Lipinski definition) is 2. The van der Waals surface area contributed by atoms with E-state index in [-0.39, 0.29) is 5.56 Å². The fourth-order valence-corrected chi connectivity index (χ4v) is 2.15. The Morgan fingerprint density at radius 3 is 2.54 bits per heavy atom. The Kier molecular flexibility index (Phi) is 5.93. The second-order valence-electron chi connectivity index (χ2n) is 6.97. The van der Waals surface area contributed by atoms with E-state index in [0.717, 1.165) is 19.5 Å². The number of aromatic nitrogens is 1. The summed E-state index contributed by atoms with van der Waals surface area (Å²) >= 11 is 0. The average molecular weight is 327 g/mol. The van der Waals surface area contributed by atoms with E-state index in [4.69, 9.17) is 10.5 Å². The Bertz CT molecular complexity index is 676. The molecule has 0 aliphatic rings. The predicted molar refractivity (Wildman–Crippen MR) is 95.0 cm³/mol. The number of nitrogens with zero attached hydrogens (tertiary/aromatic N) is 1. The molecule has 24 heavy (non-hydrogen) atoms. The molecule has 2 aromatic rings. The Hall–Kier alpha value is -2.40. The zero-order valence-electron chi connectivity index (χ0n) is 14.5. The Morgan fingerprint density at radius 1 is 1.21 bits per heavy atom. The highest BCUT2D eigenvalue weighted by Crippen LogP contribution is 2.24. The molecule has 3 N–H and O–H groups in total. The van der Waals surface area contributed by atoms with Gasteiger partial charge < -0.3 is 15.8 Å². The number of amides is 1. The minimum absolute atomic E-state index is 0.269. The van der Waals surface area contributed by atoms with Crippen LogP contribution in [-0.2, 0) is 6.54 Å². The van der Waals surface area contributed by atoms with Gasteiger partial charge in [0.1, 0.15) is 17.1 Å². The van der Waals surface area contributed by atoms with Crippen molar-refractivity contribution in [3.05, 3.63) is 53.9 Å². The van der Waals surface area contributed by atoms with E-state index >= 15 is 0 Å². The van der Waals surface area contributed by atoms with Crippen molar-refractivity contribution in [3.63, 3.8) is 0 Å². The molecular weight excluding hydrogens is 302 g/mol. The largest absolute Gasteiger partial charge is 0.456 e. The molecule has 1 aromatic carbocycles. The fraction of sp³-hybridized carbons (Fsp3) is 0.368. The summed E-state index contributed by atoms with van der Waals surface area (Å²) in [4.78, 5) is 15.3. The number of pyridine rings is 1. The molecule has 1 aromatic heterocycles. The molecular formula is C19H25N3O2. The zero-order chi connectivity index (χ0) is 17.6. The lowest BCUT2D eigenvalue weighted by Gasteiger charge is -2.18. The number of rotatable bonds is 7. The van der Waals surface area contributed by atoms with Crippen LogP contribution in [-0.4, -0.2) is 17.4 Å². The summed E-state index contributed by atoms with van der Waals surface area (Å²) in [5.74, 6) is 0.508. The lowest BCUT2D eigenvalue weighted by atomic mass is 9.92. The molecule has 5 nitrogen and oxygen atoms in total. The summed E-state index contributed by atoms with van der Waals surface area (Å²) in [7, 11) is 0. The van der Waals surface area contributed by atoms with E-state index in [1.807, 2.05) is 24.3 Å². The van der Waals surface area contributed by atoms with Gasteiger partial charge in [0.25, 0.3) is 5.91 Å². The van der Waals surface area contributed by atoms with E-state index in [1.54, 1.807) is 12.3 Å². The first-order valence-electron chi connectivity index (χ1n) is 8.06. The van der Waals surface area contributed by atoms with Gasteiger partial charge in [-0.2, -0.15) is 0 Å². The third-order valence-electron chi connectivity index (χ3n) is 3.58. The van der Waals surface area contributed by atoms with Crippen LogP contribution in [0.5, 0.6) is 11.5 Å². The Morgan fingerprint density at radius 2 is 1.92 bits per heavy atom. The number of benzene rings is 1. The lowest BCUT2D eigenvalue weighted by molar-refractivity contribution is 0.0997. The van der Waals surface area contributed by atoms with Crippen molar-refractivity contribution in [1.82, 2.24) is 10.3 Å². The van der Waals surface area contributed by atoms with Gasteiger partial charge in [0, 0.05) is 18.9 Å². The van der Waals surface area contributed by atoms with E-state index in [9.17, 15) is 4.79 Å². The molecule has 1 heterocycles. The molecule has 1 amide bonds. The Balaban J connectivity index is 1.92. The summed E-state index contributed by atoms with van der Waals surface area (Å²) in [6.07, 6.45) is 4.10. The van der Waals surface area contributed by atoms with E-state index in [2.05, 4.69) is 31.1 Å². The van der Waals surface area contributed by atoms with Crippen molar-refractivity contribution < 1.29 is 9.53 Å². The normalized spacial score (nSPS) is 11.3. The molecule has 0 aliphatic heterocycles. The first-order chi connectivity index (χ1) is 11.3. The standard InChI is InChI=1S/C19H25N3O2/c1-19(2,3)9-11-22-12-14-4-6-15(7-5-14)24-17-8-10-21-13-16(17)18(20)23/h4-8,10,13,22H,9,11-12H2,1-3H3,(H2,20,23). The summed E-state index contributed by atoms with van der Waals surface area (Å²) < 4.78 is 5.73. The van der Waals surface area contributed by atoms with E-state index in [0.29, 0.717) is 16.9 Å². The zero-order valence-corrected chi connectivity index (χ0v) is 14.5. The number of nitrogens with one attached hydrogen (secondary N) is 1. The van der Waals surface area contributed by atoms with Crippen molar-refractivity contribution in [2.75, 3.05) is 6.54 Å². The molecule has 0 spiro atoms. The van der Waals surface area contributed by atoms with Gasteiger partial charge in [-0.3, -0.25) is 9.78 Å². The van der Waals surface area contributed by atoms with Crippen LogP contribution < -0.4 is 15.8 Å². The summed E-state index contributed by atoms with van der Waals surface area (Å²) in [5.41, 5.74) is 7.11. The van der Waals surface area contributed by atoms with Gasteiger partial charge in [-0.1, -0.05) is 32.9 Å². The van der Waals surface area contributed by atoms with Crippen LogP contribution in [0.25, 0.3) is 0 Å². The van der Waals surface area contributed by atoms with Crippen molar-refractivity contribution in [3.8, 4) is 11.5 Å². The average Bonchev–Trinajstić information content (AvgIpc) is 2.52. The van der Waals surface area contributed by atoms with Gasteiger partial charge in [-0.05, 0) is 42.1 Å². The minimum Gasteiger partial charge on any atom is -0.456 e. The highest BCUT2D eigenvalue weighted by Gasteiger charge is 2.10.